The van der Waals surface area contributed by atoms with Gasteiger partial charge in [-0.15, -0.1) is 0 Å². The van der Waals surface area contributed by atoms with Gasteiger partial charge in [-0.2, -0.15) is 5.10 Å². The van der Waals surface area contributed by atoms with Gasteiger partial charge in [0.25, 0.3) is 0 Å². The molecule has 9 nitrogen and oxygen atoms in total. The third-order valence-electron chi connectivity index (χ3n) is 6.75. The molecule has 4 rings (SSSR count). The zero-order valence-corrected chi connectivity index (χ0v) is 22.7. The summed E-state index contributed by atoms with van der Waals surface area (Å²) in [7, 11) is 1.99. The maximum absolute atomic E-state index is 11.7. The summed E-state index contributed by atoms with van der Waals surface area (Å²) in [5, 5.41) is 15.0. The molecule has 0 unspecified atom stereocenters. The number of alkyl carbamates (subject to hydrolysis) is 1. The number of ether oxygens (including phenoxy) is 1. The molecule has 36 heavy (non-hydrogen) atoms. The summed E-state index contributed by atoms with van der Waals surface area (Å²) in [5.41, 5.74) is 2.49. The van der Waals surface area contributed by atoms with Gasteiger partial charge in [-0.3, -0.25) is 4.68 Å². The second kappa shape index (κ2) is 11.8. The van der Waals surface area contributed by atoms with Crippen LogP contribution in [0.1, 0.15) is 71.4 Å². The molecular weight excluding hydrogens is 478 g/mol. The lowest BCUT2D eigenvalue weighted by Crippen LogP contribution is -2.39. The monoisotopic (exact) mass is 517 g/mol. The van der Waals surface area contributed by atoms with Crippen molar-refractivity contribution in [3.05, 3.63) is 23.1 Å². The quantitative estimate of drug-likeness (QED) is 0.392. The summed E-state index contributed by atoms with van der Waals surface area (Å²) in [6.45, 7) is 7.07. The highest BCUT2D eigenvalue weighted by Gasteiger charge is 2.27. The first-order valence-electron chi connectivity index (χ1n) is 13.2. The van der Waals surface area contributed by atoms with Gasteiger partial charge in [0.1, 0.15) is 5.60 Å². The number of amides is 1. The molecule has 2 aliphatic rings. The number of hydrogen-bond acceptors (Lipinski definition) is 7. The van der Waals surface area contributed by atoms with Crippen molar-refractivity contribution in [3.63, 3.8) is 0 Å². The maximum atomic E-state index is 11.7. The SMILES string of the molecule is Cn1ncc(-c2nc(NC3CCC(NCCCNC(=O)OC(C)(C)C)CC3)ncc2Cl)c1CC1CC1. The van der Waals surface area contributed by atoms with Crippen molar-refractivity contribution < 1.29 is 9.53 Å². The molecular formula is C26H40ClN7O2. The predicted molar refractivity (Wildman–Crippen MR) is 142 cm³/mol. The summed E-state index contributed by atoms with van der Waals surface area (Å²) in [6.07, 6.45) is 11.9. The van der Waals surface area contributed by atoms with E-state index in [-0.39, 0.29) is 6.09 Å². The summed E-state index contributed by atoms with van der Waals surface area (Å²) < 4.78 is 7.20. The third-order valence-corrected chi connectivity index (χ3v) is 7.03. The van der Waals surface area contributed by atoms with Crippen molar-refractivity contribution in [2.24, 2.45) is 13.0 Å². The number of nitrogens with one attached hydrogen (secondary N) is 3. The van der Waals surface area contributed by atoms with Crippen molar-refractivity contribution in [1.29, 1.82) is 0 Å². The van der Waals surface area contributed by atoms with Crippen LogP contribution in [0, 0.1) is 5.92 Å². The van der Waals surface area contributed by atoms with Crippen LogP contribution < -0.4 is 16.0 Å². The number of carbonyl (C=O) groups is 1. The first-order valence-corrected chi connectivity index (χ1v) is 13.6. The van der Waals surface area contributed by atoms with Crippen LogP contribution in [0.3, 0.4) is 0 Å². The zero-order valence-electron chi connectivity index (χ0n) is 21.9. The molecule has 2 aliphatic carbocycles. The van der Waals surface area contributed by atoms with E-state index in [2.05, 4.69) is 26.0 Å². The summed E-state index contributed by atoms with van der Waals surface area (Å²) >= 11 is 6.51. The second-order valence-corrected chi connectivity index (χ2v) is 11.5. The fraction of sp³-hybridized carbons (Fsp3) is 0.692. The van der Waals surface area contributed by atoms with Gasteiger partial charge >= 0.3 is 6.09 Å². The molecule has 1 amide bonds. The molecule has 0 saturated heterocycles. The number of rotatable bonds is 10. The number of aryl methyl sites for hydroxylation is 1. The number of anilines is 1. The smallest absolute Gasteiger partial charge is 0.407 e. The first kappa shape index (κ1) is 26.7. The molecule has 2 fully saturated rings. The topological polar surface area (TPSA) is 106 Å². The Kier molecular flexibility index (Phi) is 8.72. The Morgan fingerprint density at radius 3 is 2.53 bits per heavy atom. The Balaban J connectivity index is 1.21. The average molecular weight is 518 g/mol. The van der Waals surface area contributed by atoms with E-state index in [4.69, 9.17) is 21.3 Å². The summed E-state index contributed by atoms with van der Waals surface area (Å²) in [5.74, 6) is 1.38. The van der Waals surface area contributed by atoms with E-state index in [0.29, 0.717) is 29.6 Å². The number of aromatic nitrogens is 4. The Labute approximate surface area is 219 Å². The molecule has 10 heteroatoms. The van der Waals surface area contributed by atoms with E-state index >= 15 is 0 Å². The van der Waals surface area contributed by atoms with Crippen molar-refractivity contribution >= 4 is 23.6 Å². The van der Waals surface area contributed by atoms with Crippen molar-refractivity contribution in [3.8, 4) is 11.3 Å². The van der Waals surface area contributed by atoms with Gasteiger partial charge in [0, 0.05) is 36.9 Å². The van der Waals surface area contributed by atoms with Gasteiger partial charge in [0.2, 0.25) is 5.95 Å². The molecule has 198 valence electrons. The van der Waals surface area contributed by atoms with Gasteiger partial charge in [-0.25, -0.2) is 14.8 Å². The van der Waals surface area contributed by atoms with Gasteiger partial charge in [-0.05, 0) is 84.6 Å². The highest BCUT2D eigenvalue weighted by molar-refractivity contribution is 6.32. The van der Waals surface area contributed by atoms with E-state index in [0.717, 1.165) is 62.2 Å². The lowest BCUT2D eigenvalue weighted by molar-refractivity contribution is 0.0527. The molecule has 2 aromatic rings. The molecule has 3 N–H and O–H groups in total. The minimum absolute atomic E-state index is 0.339. The standard InChI is InChI=1S/C26H40ClN7O2/c1-26(2,3)36-25(35)29-13-5-12-28-18-8-10-19(11-9-18)32-24-30-16-21(27)23(33-24)20-15-31-34(4)22(20)14-17-6-7-17/h15-19,28H,5-14H2,1-4H3,(H,29,35)(H,30,32,33). The zero-order chi connectivity index (χ0) is 25.7. The van der Waals surface area contributed by atoms with Crippen LogP contribution in [0.25, 0.3) is 11.3 Å². The van der Waals surface area contributed by atoms with Crippen molar-refractivity contribution in [2.75, 3.05) is 18.4 Å². The minimum atomic E-state index is -0.467. The molecule has 0 bridgehead atoms. The second-order valence-electron chi connectivity index (χ2n) is 11.1. The highest BCUT2D eigenvalue weighted by atomic mass is 35.5. The molecule has 0 aromatic carbocycles. The number of halogens is 1. The minimum Gasteiger partial charge on any atom is -0.444 e. The molecule has 2 heterocycles. The third kappa shape index (κ3) is 7.80. The molecule has 2 saturated carbocycles. The fourth-order valence-corrected chi connectivity index (χ4v) is 4.84. The van der Waals surface area contributed by atoms with Crippen LogP contribution >= 0.6 is 11.6 Å². The van der Waals surface area contributed by atoms with Crippen LogP contribution in [0.2, 0.25) is 5.02 Å². The van der Waals surface area contributed by atoms with Gasteiger partial charge < -0.3 is 20.7 Å². The van der Waals surface area contributed by atoms with Crippen LogP contribution in [-0.4, -0.2) is 56.6 Å². The number of carbonyl (C=O) groups excluding carboxylic acids is 1. The Bertz CT molecular complexity index is 1020. The lowest BCUT2D eigenvalue weighted by atomic mass is 9.91. The van der Waals surface area contributed by atoms with Crippen LogP contribution in [0.4, 0.5) is 10.7 Å². The molecule has 2 aromatic heterocycles. The van der Waals surface area contributed by atoms with Crippen LogP contribution in [0.15, 0.2) is 12.4 Å². The summed E-state index contributed by atoms with van der Waals surface area (Å²) in [4.78, 5) is 21.0. The predicted octanol–water partition coefficient (Wildman–Crippen LogP) is 4.71. The largest absolute Gasteiger partial charge is 0.444 e. The number of nitrogens with zero attached hydrogens (tertiary/aromatic N) is 4. The number of hydrogen-bond donors (Lipinski definition) is 3. The van der Waals surface area contributed by atoms with E-state index in [1.54, 1.807) is 6.20 Å². The first-order chi connectivity index (χ1) is 17.2. The highest BCUT2D eigenvalue weighted by Crippen LogP contribution is 2.37. The lowest BCUT2D eigenvalue weighted by Gasteiger charge is -2.30. The Morgan fingerprint density at radius 2 is 1.83 bits per heavy atom. The van der Waals surface area contributed by atoms with Gasteiger partial charge in [-0.1, -0.05) is 11.6 Å². The Morgan fingerprint density at radius 1 is 1.11 bits per heavy atom. The average Bonchev–Trinajstić information content (AvgIpc) is 3.57. The molecule has 0 spiro atoms. The summed E-state index contributed by atoms with van der Waals surface area (Å²) in [6, 6.07) is 0.831. The van der Waals surface area contributed by atoms with Crippen LogP contribution in [-0.2, 0) is 18.2 Å². The van der Waals surface area contributed by atoms with Gasteiger partial charge in [0.15, 0.2) is 0 Å². The van der Waals surface area contributed by atoms with Crippen molar-refractivity contribution in [2.45, 2.75) is 89.8 Å². The normalized spacial score (nSPS) is 20.2. The van der Waals surface area contributed by atoms with Gasteiger partial charge in [0.05, 0.1) is 23.1 Å². The van der Waals surface area contributed by atoms with E-state index in [1.807, 2.05) is 38.7 Å². The van der Waals surface area contributed by atoms with Crippen molar-refractivity contribution in [1.82, 2.24) is 30.4 Å². The Hall–Kier alpha value is -2.39. The van der Waals surface area contributed by atoms with E-state index in [1.165, 1.54) is 18.5 Å². The maximum Gasteiger partial charge on any atom is 0.407 e. The van der Waals surface area contributed by atoms with Crippen LogP contribution in [0.5, 0.6) is 0 Å². The fourth-order valence-electron chi connectivity index (χ4n) is 4.65. The molecule has 0 radical (unpaired) electrons. The van der Waals surface area contributed by atoms with E-state index in [9.17, 15) is 4.79 Å². The molecule has 0 atom stereocenters. The van der Waals surface area contributed by atoms with E-state index < -0.39 is 5.60 Å². The molecule has 0 aliphatic heterocycles.